The van der Waals surface area contributed by atoms with Crippen LogP contribution in [0.25, 0.3) is 0 Å². The van der Waals surface area contributed by atoms with E-state index >= 15 is 0 Å². The first kappa shape index (κ1) is 13.4. The Morgan fingerprint density at radius 3 is 2.25 bits per heavy atom. The fourth-order valence-corrected chi connectivity index (χ4v) is 2.53. The zero-order valence-corrected chi connectivity index (χ0v) is 10.3. The number of ether oxygens (including phenoxy) is 2. The lowest BCUT2D eigenvalue weighted by molar-refractivity contribution is -0.161. The Hall–Kier alpha value is -0.630. The van der Waals surface area contributed by atoms with Crippen molar-refractivity contribution in [1.29, 1.82) is 5.26 Å². The van der Waals surface area contributed by atoms with Crippen molar-refractivity contribution in [3.8, 4) is 6.07 Å². The summed E-state index contributed by atoms with van der Waals surface area (Å²) in [6.45, 7) is 1.71. The van der Waals surface area contributed by atoms with E-state index in [2.05, 4.69) is 6.07 Å². The summed E-state index contributed by atoms with van der Waals surface area (Å²) < 4.78 is 10.2. The molecular weight excluding hydrogens is 206 g/mol. The molecule has 1 atom stereocenters. The monoisotopic (exact) mass is 227 g/mol. The SMILES string of the molecule is COC(CC(C)(O)C1(C#N)CCCC1)OC. The minimum absolute atomic E-state index is 0.327. The minimum Gasteiger partial charge on any atom is -0.388 e. The van der Waals surface area contributed by atoms with Gasteiger partial charge in [0.15, 0.2) is 6.29 Å². The molecule has 0 radical (unpaired) electrons. The highest BCUT2D eigenvalue weighted by Gasteiger charge is 2.50. The number of methoxy groups -OCH3 is 2. The van der Waals surface area contributed by atoms with E-state index in [1.807, 2.05) is 0 Å². The van der Waals surface area contributed by atoms with Crippen molar-refractivity contribution >= 4 is 0 Å². The lowest BCUT2D eigenvalue weighted by Gasteiger charge is -2.38. The van der Waals surface area contributed by atoms with Gasteiger partial charge in [-0.1, -0.05) is 12.8 Å². The average Bonchev–Trinajstić information content (AvgIpc) is 2.76. The highest BCUT2D eigenvalue weighted by Crippen LogP contribution is 2.48. The summed E-state index contributed by atoms with van der Waals surface area (Å²) in [7, 11) is 3.08. The Balaban J connectivity index is 2.78. The topological polar surface area (TPSA) is 62.5 Å². The highest BCUT2D eigenvalue weighted by atomic mass is 16.7. The van der Waals surface area contributed by atoms with Gasteiger partial charge in [0, 0.05) is 20.6 Å². The molecule has 0 heterocycles. The molecule has 0 bridgehead atoms. The Morgan fingerprint density at radius 2 is 1.88 bits per heavy atom. The van der Waals surface area contributed by atoms with E-state index in [9.17, 15) is 10.4 Å². The highest BCUT2D eigenvalue weighted by molar-refractivity contribution is 5.12. The first-order valence-corrected chi connectivity index (χ1v) is 5.70. The number of nitrogens with zero attached hydrogens (tertiary/aromatic N) is 1. The molecule has 0 amide bonds. The van der Waals surface area contributed by atoms with Crippen LogP contribution in [0.2, 0.25) is 0 Å². The molecule has 1 rings (SSSR count). The van der Waals surface area contributed by atoms with Crippen molar-refractivity contribution in [2.75, 3.05) is 14.2 Å². The normalized spacial score (nSPS) is 23.0. The predicted octanol–water partition coefficient (Wildman–Crippen LogP) is 1.83. The van der Waals surface area contributed by atoms with Gasteiger partial charge in [0.1, 0.15) is 0 Å². The molecule has 4 heteroatoms. The third kappa shape index (κ3) is 2.37. The van der Waals surface area contributed by atoms with Gasteiger partial charge < -0.3 is 14.6 Å². The summed E-state index contributed by atoms with van der Waals surface area (Å²) in [4.78, 5) is 0. The molecule has 0 aromatic rings. The Morgan fingerprint density at radius 1 is 1.38 bits per heavy atom. The molecule has 1 aliphatic rings. The molecule has 0 spiro atoms. The quantitative estimate of drug-likeness (QED) is 0.728. The molecule has 92 valence electrons. The smallest absolute Gasteiger partial charge is 0.159 e. The summed E-state index contributed by atoms with van der Waals surface area (Å²) in [6, 6.07) is 2.31. The summed E-state index contributed by atoms with van der Waals surface area (Å²) in [5.74, 6) is 0. The van der Waals surface area contributed by atoms with Crippen LogP contribution in [-0.2, 0) is 9.47 Å². The van der Waals surface area contributed by atoms with Gasteiger partial charge in [-0.15, -0.1) is 0 Å². The van der Waals surface area contributed by atoms with Crippen molar-refractivity contribution in [1.82, 2.24) is 0 Å². The lowest BCUT2D eigenvalue weighted by Crippen LogP contribution is -2.46. The number of hydrogen-bond donors (Lipinski definition) is 1. The first-order chi connectivity index (χ1) is 7.51. The largest absolute Gasteiger partial charge is 0.388 e. The van der Waals surface area contributed by atoms with Crippen LogP contribution in [-0.4, -0.2) is 31.2 Å². The molecule has 0 saturated heterocycles. The molecule has 0 aromatic carbocycles. The third-order valence-corrected chi connectivity index (χ3v) is 3.79. The zero-order chi connectivity index (χ0) is 12.2. The summed E-state index contributed by atoms with van der Waals surface area (Å²) >= 11 is 0. The summed E-state index contributed by atoms with van der Waals surface area (Å²) in [5.41, 5.74) is -1.70. The van der Waals surface area contributed by atoms with E-state index in [1.54, 1.807) is 6.92 Å². The van der Waals surface area contributed by atoms with Crippen LogP contribution in [0.15, 0.2) is 0 Å². The summed E-state index contributed by atoms with van der Waals surface area (Å²) in [6.07, 6.45) is 3.41. The van der Waals surface area contributed by atoms with Crippen LogP contribution >= 0.6 is 0 Å². The standard InChI is InChI=1S/C12H21NO3/c1-11(14,8-10(15-2)16-3)12(9-13)6-4-5-7-12/h10,14H,4-8H2,1-3H3. The Labute approximate surface area is 97.2 Å². The number of rotatable bonds is 5. The van der Waals surface area contributed by atoms with Gasteiger partial charge in [0.25, 0.3) is 0 Å². The molecule has 1 N–H and O–H groups in total. The number of hydrogen-bond acceptors (Lipinski definition) is 4. The zero-order valence-electron chi connectivity index (χ0n) is 10.3. The number of nitriles is 1. The fraction of sp³-hybridized carbons (Fsp3) is 0.917. The van der Waals surface area contributed by atoms with Gasteiger partial charge >= 0.3 is 0 Å². The first-order valence-electron chi connectivity index (χ1n) is 5.70. The van der Waals surface area contributed by atoms with Crippen molar-refractivity contribution in [3.05, 3.63) is 0 Å². The van der Waals surface area contributed by atoms with Crippen LogP contribution in [0.4, 0.5) is 0 Å². The molecule has 0 aromatic heterocycles. The minimum atomic E-state index is -1.06. The Kier molecular flexibility index (Phi) is 4.31. The van der Waals surface area contributed by atoms with E-state index in [4.69, 9.17) is 9.47 Å². The van der Waals surface area contributed by atoms with E-state index in [0.29, 0.717) is 6.42 Å². The second-order valence-electron chi connectivity index (χ2n) is 4.78. The molecular formula is C12H21NO3. The van der Waals surface area contributed by atoms with Gasteiger partial charge in [-0.05, 0) is 19.8 Å². The molecule has 1 aliphatic carbocycles. The van der Waals surface area contributed by atoms with Crippen molar-refractivity contribution in [2.24, 2.45) is 5.41 Å². The third-order valence-electron chi connectivity index (χ3n) is 3.79. The fourth-order valence-electron chi connectivity index (χ4n) is 2.53. The molecule has 0 aliphatic heterocycles. The Bertz CT molecular complexity index is 260. The van der Waals surface area contributed by atoms with E-state index < -0.39 is 17.3 Å². The molecule has 4 nitrogen and oxygen atoms in total. The number of aliphatic hydroxyl groups is 1. The van der Waals surface area contributed by atoms with E-state index in [0.717, 1.165) is 25.7 Å². The maximum Gasteiger partial charge on any atom is 0.159 e. The second-order valence-corrected chi connectivity index (χ2v) is 4.78. The van der Waals surface area contributed by atoms with Gasteiger partial charge in [0.2, 0.25) is 0 Å². The van der Waals surface area contributed by atoms with Crippen LogP contribution < -0.4 is 0 Å². The molecule has 1 fully saturated rings. The molecule has 16 heavy (non-hydrogen) atoms. The average molecular weight is 227 g/mol. The maximum atomic E-state index is 10.5. The van der Waals surface area contributed by atoms with Gasteiger partial charge in [-0.25, -0.2) is 0 Å². The van der Waals surface area contributed by atoms with E-state index in [1.165, 1.54) is 14.2 Å². The molecule has 1 saturated carbocycles. The molecule has 1 unspecified atom stereocenters. The lowest BCUT2D eigenvalue weighted by atomic mass is 9.70. The maximum absolute atomic E-state index is 10.5. The van der Waals surface area contributed by atoms with Crippen molar-refractivity contribution in [2.45, 2.75) is 50.9 Å². The second kappa shape index (κ2) is 5.13. The van der Waals surface area contributed by atoms with Crippen molar-refractivity contribution in [3.63, 3.8) is 0 Å². The van der Waals surface area contributed by atoms with Crippen LogP contribution in [0.5, 0.6) is 0 Å². The predicted molar refractivity (Wildman–Crippen MR) is 59.6 cm³/mol. The van der Waals surface area contributed by atoms with Crippen LogP contribution in [0.3, 0.4) is 0 Å². The van der Waals surface area contributed by atoms with E-state index in [-0.39, 0.29) is 0 Å². The summed E-state index contributed by atoms with van der Waals surface area (Å²) in [5, 5.41) is 19.8. The van der Waals surface area contributed by atoms with Gasteiger partial charge in [0.05, 0.1) is 17.1 Å². The van der Waals surface area contributed by atoms with Crippen molar-refractivity contribution < 1.29 is 14.6 Å². The van der Waals surface area contributed by atoms with Crippen LogP contribution in [0, 0.1) is 16.7 Å². The van der Waals surface area contributed by atoms with Crippen LogP contribution in [0.1, 0.15) is 39.0 Å². The van der Waals surface area contributed by atoms with Gasteiger partial charge in [-0.2, -0.15) is 5.26 Å². The van der Waals surface area contributed by atoms with Gasteiger partial charge in [-0.3, -0.25) is 0 Å².